The van der Waals surface area contributed by atoms with E-state index in [-0.39, 0.29) is 11.8 Å². The van der Waals surface area contributed by atoms with Crippen LogP contribution in [0.3, 0.4) is 0 Å². The highest BCUT2D eigenvalue weighted by atomic mass is 19.1. The maximum atomic E-state index is 13.3. The van der Waals surface area contributed by atoms with Crippen LogP contribution in [0.1, 0.15) is 24.5 Å². The number of nitrogens with one attached hydrogen (secondary N) is 1. The Morgan fingerprint density at radius 1 is 1.18 bits per heavy atom. The van der Waals surface area contributed by atoms with Gasteiger partial charge in [0.25, 0.3) is 0 Å². The summed E-state index contributed by atoms with van der Waals surface area (Å²) >= 11 is 0. The zero-order valence-corrected chi connectivity index (χ0v) is 13.0. The van der Waals surface area contributed by atoms with Crippen molar-refractivity contribution in [2.45, 2.75) is 26.8 Å². The van der Waals surface area contributed by atoms with Gasteiger partial charge in [0.15, 0.2) is 0 Å². The van der Waals surface area contributed by atoms with Crippen molar-refractivity contribution in [3.8, 4) is 0 Å². The summed E-state index contributed by atoms with van der Waals surface area (Å²) in [6.45, 7) is 4.94. The van der Waals surface area contributed by atoms with Crippen LogP contribution in [0.2, 0.25) is 0 Å². The average Bonchev–Trinajstić information content (AvgIpc) is 2.51. The lowest BCUT2D eigenvalue weighted by Gasteiger charge is -2.23. The molecule has 0 saturated heterocycles. The number of urea groups is 1. The minimum Gasteiger partial charge on any atom is -0.320 e. The molecule has 0 unspecified atom stereocenters. The van der Waals surface area contributed by atoms with Gasteiger partial charge >= 0.3 is 6.03 Å². The van der Waals surface area contributed by atoms with Crippen molar-refractivity contribution in [2.24, 2.45) is 0 Å². The molecule has 0 heterocycles. The number of hydrogen-bond donors (Lipinski definition) is 1. The number of amides is 2. The molecule has 0 radical (unpaired) electrons. The van der Waals surface area contributed by atoms with E-state index in [4.69, 9.17) is 0 Å². The van der Waals surface area contributed by atoms with E-state index < -0.39 is 0 Å². The SMILES string of the molecule is CCCN(Cc1ccccc1)C(=O)Nc1ccc(F)c(C)c1. The van der Waals surface area contributed by atoms with Crippen molar-refractivity contribution >= 4 is 11.7 Å². The van der Waals surface area contributed by atoms with Gasteiger partial charge in [0, 0.05) is 18.8 Å². The predicted molar refractivity (Wildman–Crippen MR) is 87.3 cm³/mol. The van der Waals surface area contributed by atoms with E-state index in [1.54, 1.807) is 24.0 Å². The molecule has 2 rings (SSSR count). The van der Waals surface area contributed by atoms with Crippen molar-refractivity contribution in [3.63, 3.8) is 0 Å². The Labute approximate surface area is 130 Å². The predicted octanol–water partition coefficient (Wildman–Crippen LogP) is 4.58. The molecule has 0 saturated carbocycles. The molecule has 116 valence electrons. The van der Waals surface area contributed by atoms with Crippen LogP contribution >= 0.6 is 0 Å². The molecule has 2 amide bonds. The summed E-state index contributed by atoms with van der Waals surface area (Å²) in [6.07, 6.45) is 0.878. The summed E-state index contributed by atoms with van der Waals surface area (Å²) in [5.74, 6) is -0.271. The number of hydrogen-bond acceptors (Lipinski definition) is 1. The molecule has 0 bridgehead atoms. The molecule has 0 aliphatic carbocycles. The van der Waals surface area contributed by atoms with Gasteiger partial charge in [-0.2, -0.15) is 0 Å². The maximum Gasteiger partial charge on any atom is 0.322 e. The standard InChI is InChI=1S/C18H21FN2O/c1-3-11-21(13-15-7-5-4-6-8-15)18(22)20-16-9-10-17(19)14(2)12-16/h4-10,12H,3,11,13H2,1-2H3,(H,20,22). The van der Waals surface area contributed by atoms with Gasteiger partial charge in [0.1, 0.15) is 5.82 Å². The summed E-state index contributed by atoms with van der Waals surface area (Å²) in [7, 11) is 0. The van der Waals surface area contributed by atoms with Crippen molar-refractivity contribution < 1.29 is 9.18 Å². The van der Waals surface area contributed by atoms with E-state index >= 15 is 0 Å². The first-order valence-corrected chi connectivity index (χ1v) is 7.46. The Bertz CT molecular complexity index is 628. The molecule has 0 spiro atoms. The number of carbonyl (C=O) groups excluding carboxylic acids is 1. The van der Waals surface area contributed by atoms with Crippen LogP contribution in [0, 0.1) is 12.7 Å². The van der Waals surface area contributed by atoms with Gasteiger partial charge in [0.05, 0.1) is 0 Å². The van der Waals surface area contributed by atoms with Crippen molar-refractivity contribution in [1.82, 2.24) is 4.90 Å². The Morgan fingerprint density at radius 2 is 1.91 bits per heavy atom. The quantitative estimate of drug-likeness (QED) is 0.861. The van der Waals surface area contributed by atoms with Gasteiger partial charge in [-0.25, -0.2) is 9.18 Å². The Kier molecular flexibility index (Phi) is 5.53. The lowest BCUT2D eigenvalue weighted by atomic mass is 10.2. The zero-order chi connectivity index (χ0) is 15.9. The van der Waals surface area contributed by atoms with Gasteiger partial charge < -0.3 is 10.2 Å². The molecular formula is C18H21FN2O. The van der Waals surface area contributed by atoms with Crippen LogP contribution in [-0.4, -0.2) is 17.5 Å². The van der Waals surface area contributed by atoms with Crippen LogP contribution in [0.5, 0.6) is 0 Å². The lowest BCUT2D eigenvalue weighted by Crippen LogP contribution is -2.35. The molecule has 0 aliphatic rings. The first-order chi connectivity index (χ1) is 10.6. The largest absolute Gasteiger partial charge is 0.322 e. The first kappa shape index (κ1) is 16.0. The van der Waals surface area contributed by atoms with E-state index in [1.165, 1.54) is 6.07 Å². The number of aryl methyl sites for hydroxylation is 1. The minimum absolute atomic E-state index is 0.170. The molecule has 1 N–H and O–H groups in total. The smallest absolute Gasteiger partial charge is 0.320 e. The molecule has 2 aromatic carbocycles. The van der Waals surface area contributed by atoms with E-state index in [2.05, 4.69) is 5.32 Å². The number of rotatable bonds is 5. The zero-order valence-electron chi connectivity index (χ0n) is 13.0. The number of carbonyl (C=O) groups is 1. The number of anilines is 1. The topological polar surface area (TPSA) is 32.3 Å². The third-order valence-corrected chi connectivity index (χ3v) is 3.41. The van der Waals surface area contributed by atoms with Crippen LogP contribution in [0.15, 0.2) is 48.5 Å². The second-order valence-electron chi connectivity index (χ2n) is 5.30. The molecule has 0 atom stereocenters. The van der Waals surface area contributed by atoms with Gasteiger partial charge in [-0.05, 0) is 42.7 Å². The molecular weight excluding hydrogens is 279 g/mol. The Balaban J connectivity index is 2.07. The van der Waals surface area contributed by atoms with Gasteiger partial charge in [-0.1, -0.05) is 37.3 Å². The van der Waals surface area contributed by atoms with Crippen molar-refractivity contribution in [1.29, 1.82) is 0 Å². The lowest BCUT2D eigenvalue weighted by molar-refractivity contribution is 0.209. The van der Waals surface area contributed by atoms with Crippen molar-refractivity contribution in [3.05, 3.63) is 65.5 Å². The number of halogens is 1. The highest BCUT2D eigenvalue weighted by Gasteiger charge is 2.13. The van der Waals surface area contributed by atoms with Gasteiger partial charge in [-0.15, -0.1) is 0 Å². The average molecular weight is 300 g/mol. The fraction of sp³-hybridized carbons (Fsp3) is 0.278. The first-order valence-electron chi connectivity index (χ1n) is 7.46. The summed E-state index contributed by atoms with van der Waals surface area (Å²) in [5, 5.41) is 2.84. The molecule has 22 heavy (non-hydrogen) atoms. The Hall–Kier alpha value is -2.36. The molecule has 2 aromatic rings. The van der Waals surface area contributed by atoms with E-state index in [9.17, 15) is 9.18 Å². The summed E-state index contributed by atoms with van der Waals surface area (Å²) in [5.41, 5.74) is 2.21. The Morgan fingerprint density at radius 3 is 2.55 bits per heavy atom. The molecule has 0 aliphatic heterocycles. The highest BCUT2D eigenvalue weighted by Crippen LogP contribution is 2.15. The monoisotopic (exact) mass is 300 g/mol. The third-order valence-electron chi connectivity index (χ3n) is 3.41. The van der Waals surface area contributed by atoms with Gasteiger partial charge in [-0.3, -0.25) is 0 Å². The van der Waals surface area contributed by atoms with E-state index in [1.807, 2.05) is 37.3 Å². The number of nitrogens with zero attached hydrogens (tertiary/aromatic N) is 1. The van der Waals surface area contributed by atoms with Crippen LogP contribution in [-0.2, 0) is 6.54 Å². The second-order valence-corrected chi connectivity index (χ2v) is 5.30. The minimum atomic E-state index is -0.271. The summed E-state index contributed by atoms with van der Waals surface area (Å²) in [6, 6.07) is 14.3. The van der Waals surface area contributed by atoms with E-state index in [0.29, 0.717) is 24.3 Å². The summed E-state index contributed by atoms with van der Waals surface area (Å²) < 4.78 is 13.3. The number of benzene rings is 2. The van der Waals surface area contributed by atoms with Crippen LogP contribution < -0.4 is 5.32 Å². The van der Waals surface area contributed by atoms with E-state index in [0.717, 1.165) is 12.0 Å². The third kappa shape index (κ3) is 4.32. The normalized spacial score (nSPS) is 10.3. The van der Waals surface area contributed by atoms with Gasteiger partial charge in [0.2, 0.25) is 0 Å². The molecule has 0 fully saturated rings. The fourth-order valence-electron chi connectivity index (χ4n) is 2.25. The maximum absolute atomic E-state index is 13.3. The molecule has 0 aromatic heterocycles. The summed E-state index contributed by atoms with van der Waals surface area (Å²) in [4.78, 5) is 14.2. The van der Waals surface area contributed by atoms with Crippen LogP contribution in [0.25, 0.3) is 0 Å². The highest BCUT2D eigenvalue weighted by molar-refractivity contribution is 5.89. The molecule has 4 heteroatoms. The fourth-order valence-corrected chi connectivity index (χ4v) is 2.25. The van der Waals surface area contributed by atoms with Crippen molar-refractivity contribution in [2.75, 3.05) is 11.9 Å². The second kappa shape index (κ2) is 7.59. The molecule has 3 nitrogen and oxygen atoms in total. The van der Waals surface area contributed by atoms with Crippen LogP contribution in [0.4, 0.5) is 14.9 Å².